The van der Waals surface area contributed by atoms with Gasteiger partial charge in [0.1, 0.15) is 18.2 Å². The number of aliphatic hydroxyl groups is 3. The summed E-state index contributed by atoms with van der Waals surface area (Å²) >= 11 is 0. The van der Waals surface area contributed by atoms with Crippen LogP contribution in [0.4, 0.5) is 0 Å². The number of phosphoric ester groups is 1. The summed E-state index contributed by atoms with van der Waals surface area (Å²) in [7, 11) is -3.86. The molecule has 1 heterocycles. The molecular formula is C35H69N2O11P. The number of nitrogens with one attached hydrogen (secondary N) is 2. The molecule has 49 heavy (non-hydrogen) atoms. The summed E-state index contributed by atoms with van der Waals surface area (Å²) in [6.45, 7) is 3.66. The summed E-state index contributed by atoms with van der Waals surface area (Å²) in [5.74, 6) is -1.22. The molecule has 1 fully saturated rings. The van der Waals surface area contributed by atoms with Crippen molar-refractivity contribution in [3.8, 4) is 0 Å². The molecule has 1 saturated heterocycles. The van der Waals surface area contributed by atoms with E-state index < -0.39 is 69.0 Å². The molecule has 0 aromatic carbocycles. The van der Waals surface area contributed by atoms with E-state index in [1.807, 2.05) is 0 Å². The van der Waals surface area contributed by atoms with Crippen LogP contribution in [0.2, 0.25) is 0 Å². The highest BCUT2D eigenvalue weighted by Gasteiger charge is 2.50. The Morgan fingerprint density at radius 2 is 1.08 bits per heavy atom. The number of hydrogen-bond donors (Lipinski definition) is 7. The first-order valence-corrected chi connectivity index (χ1v) is 20.5. The molecule has 0 bridgehead atoms. The predicted octanol–water partition coefficient (Wildman–Crippen LogP) is 5.14. The number of carbonyl (C=O) groups excluding carboxylic acids is 2. The minimum Gasteiger partial charge on any atom is -0.394 e. The zero-order chi connectivity index (χ0) is 36.5. The van der Waals surface area contributed by atoms with Crippen LogP contribution in [0.25, 0.3) is 0 Å². The highest BCUT2D eigenvalue weighted by molar-refractivity contribution is 7.46. The van der Waals surface area contributed by atoms with Gasteiger partial charge >= 0.3 is 7.82 Å². The van der Waals surface area contributed by atoms with Gasteiger partial charge in [0.25, 0.3) is 0 Å². The third kappa shape index (κ3) is 21.7. The van der Waals surface area contributed by atoms with E-state index in [-0.39, 0.29) is 12.8 Å². The maximum atomic E-state index is 13.1. The molecule has 13 nitrogen and oxygen atoms in total. The monoisotopic (exact) mass is 724 g/mol. The second kappa shape index (κ2) is 27.5. The van der Waals surface area contributed by atoms with E-state index in [1.165, 1.54) is 71.3 Å². The van der Waals surface area contributed by atoms with Gasteiger partial charge in [-0.2, -0.15) is 0 Å². The lowest BCUT2D eigenvalue weighted by molar-refractivity contribution is -0.238. The molecular weight excluding hydrogens is 655 g/mol. The Morgan fingerprint density at radius 3 is 1.45 bits per heavy atom. The Balaban J connectivity index is 2.77. The third-order valence-corrected chi connectivity index (χ3v) is 9.68. The first-order chi connectivity index (χ1) is 23.4. The molecule has 0 aromatic heterocycles. The minimum absolute atomic E-state index is 0.241. The first kappa shape index (κ1) is 45.9. The SMILES string of the molecule is CCCCCCCCCCC[C@@H](O)CC(=O)N[C@@H]1[C@@H](NC(=O)C[C@H](O)CCCCCCCCCCC)[C@H](OC)O[C@H](CO)[C@H]1OP(=O)(O)O. The molecule has 0 saturated carbocycles. The molecule has 0 aliphatic carbocycles. The molecule has 1 rings (SSSR count). The molecule has 7 N–H and O–H groups in total. The lowest BCUT2D eigenvalue weighted by Gasteiger charge is -2.45. The van der Waals surface area contributed by atoms with E-state index in [2.05, 4.69) is 24.5 Å². The van der Waals surface area contributed by atoms with Gasteiger partial charge in [-0.1, -0.05) is 129 Å². The fourth-order valence-corrected chi connectivity index (χ4v) is 7.00. The number of carbonyl (C=O) groups is 2. The summed E-state index contributed by atoms with van der Waals surface area (Å²) in [5, 5.41) is 36.4. The lowest BCUT2D eigenvalue weighted by atomic mass is 9.93. The average Bonchev–Trinajstić information content (AvgIpc) is 3.04. The number of phosphoric acid groups is 1. The van der Waals surface area contributed by atoms with Crippen LogP contribution in [-0.2, 0) is 28.2 Å². The van der Waals surface area contributed by atoms with Crippen LogP contribution in [0.1, 0.15) is 155 Å². The van der Waals surface area contributed by atoms with E-state index >= 15 is 0 Å². The number of aliphatic hydroxyl groups excluding tert-OH is 3. The molecule has 7 atom stereocenters. The zero-order valence-electron chi connectivity index (χ0n) is 30.4. The van der Waals surface area contributed by atoms with Crippen LogP contribution in [0.5, 0.6) is 0 Å². The molecule has 14 heteroatoms. The van der Waals surface area contributed by atoms with Crippen molar-refractivity contribution in [2.24, 2.45) is 0 Å². The smallest absolute Gasteiger partial charge is 0.394 e. The van der Waals surface area contributed by atoms with Crippen LogP contribution in [-0.4, -0.2) is 93.4 Å². The largest absolute Gasteiger partial charge is 0.470 e. The van der Waals surface area contributed by atoms with Gasteiger partial charge in [-0.3, -0.25) is 14.1 Å². The first-order valence-electron chi connectivity index (χ1n) is 18.9. The Bertz CT molecular complexity index is 909. The second-order valence-electron chi connectivity index (χ2n) is 13.7. The Kier molecular flexibility index (Phi) is 25.7. The van der Waals surface area contributed by atoms with Crippen LogP contribution in [0.3, 0.4) is 0 Å². The maximum absolute atomic E-state index is 13.1. The number of hydrogen-bond acceptors (Lipinski definition) is 9. The van der Waals surface area contributed by atoms with Gasteiger partial charge in [-0.25, -0.2) is 4.57 Å². The topological polar surface area (TPSA) is 204 Å². The van der Waals surface area contributed by atoms with Crippen molar-refractivity contribution < 1.29 is 53.3 Å². The summed E-state index contributed by atoms with van der Waals surface area (Å²) in [4.78, 5) is 45.5. The Morgan fingerprint density at radius 1 is 0.694 bits per heavy atom. The number of methoxy groups -OCH3 is 1. The molecule has 0 aromatic rings. The summed E-state index contributed by atoms with van der Waals surface area (Å²) in [6.07, 6.45) is 14.5. The van der Waals surface area contributed by atoms with Crippen molar-refractivity contribution >= 4 is 19.6 Å². The fraction of sp³-hybridized carbons (Fsp3) is 0.943. The van der Waals surface area contributed by atoms with Crippen molar-refractivity contribution in [2.45, 2.75) is 198 Å². The normalized spacial score (nSPS) is 22.5. The van der Waals surface area contributed by atoms with Gasteiger partial charge in [0.05, 0.1) is 37.7 Å². The lowest BCUT2D eigenvalue weighted by Crippen LogP contribution is -2.70. The highest BCUT2D eigenvalue weighted by atomic mass is 31.2. The van der Waals surface area contributed by atoms with Crippen LogP contribution >= 0.6 is 7.82 Å². The molecule has 0 unspecified atom stereocenters. The maximum Gasteiger partial charge on any atom is 0.470 e. The Labute approximate surface area is 294 Å². The minimum atomic E-state index is -5.15. The van der Waals surface area contributed by atoms with Crippen LogP contribution in [0.15, 0.2) is 0 Å². The van der Waals surface area contributed by atoms with Crippen molar-refractivity contribution in [1.82, 2.24) is 10.6 Å². The number of rotatable bonds is 30. The van der Waals surface area contributed by atoms with E-state index in [9.17, 15) is 39.3 Å². The molecule has 0 radical (unpaired) electrons. The second-order valence-corrected chi connectivity index (χ2v) is 14.9. The van der Waals surface area contributed by atoms with Gasteiger partial charge in [0.2, 0.25) is 11.8 Å². The Hall–Kier alpha value is -1.15. The van der Waals surface area contributed by atoms with Crippen LogP contribution < -0.4 is 10.6 Å². The summed E-state index contributed by atoms with van der Waals surface area (Å²) in [6, 6.07) is -2.51. The number of unbranched alkanes of at least 4 members (excludes halogenated alkanes) is 16. The standard InChI is InChI=1S/C35H69N2O11P/c1-4-6-8-10-12-14-16-18-20-22-27(39)24-30(41)36-32-33(35(46-3)47-29(26-38)34(32)48-49(43,44)45)37-31(42)25-28(40)23-21-19-17-15-13-11-9-7-5-2/h27-29,32-35,38-40H,4-26H2,1-3H3,(H,36,41)(H,37,42)(H2,43,44,45)/t27-,28-,29-,32-,33-,34-,35-/m1/s1. The molecule has 2 amide bonds. The van der Waals surface area contributed by atoms with Crippen molar-refractivity contribution in [2.75, 3.05) is 13.7 Å². The van der Waals surface area contributed by atoms with E-state index in [1.54, 1.807) is 0 Å². The van der Waals surface area contributed by atoms with Gasteiger partial charge in [0, 0.05) is 7.11 Å². The third-order valence-electron chi connectivity index (χ3n) is 9.16. The highest BCUT2D eigenvalue weighted by Crippen LogP contribution is 2.41. The molecule has 0 spiro atoms. The van der Waals surface area contributed by atoms with Crippen molar-refractivity contribution in [3.05, 3.63) is 0 Å². The average molecular weight is 725 g/mol. The van der Waals surface area contributed by atoms with E-state index in [0.29, 0.717) is 12.8 Å². The van der Waals surface area contributed by atoms with E-state index in [0.717, 1.165) is 51.4 Å². The van der Waals surface area contributed by atoms with Gasteiger partial charge < -0.3 is 45.2 Å². The quantitative estimate of drug-likeness (QED) is 0.0382. The zero-order valence-corrected chi connectivity index (χ0v) is 31.3. The molecule has 1 aliphatic heterocycles. The van der Waals surface area contributed by atoms with Crippen molar-refractivity contribution in [3.63, 3.8) is 0 Å². The predicted molar refractivity (Wildman–Crippen MR) is 188 cm³/mol. The fourth-order valence-electron chi connectivity index (χ4n) is 6.41. The van der Waals surface area contributed by atoms with Crippen molar-refractivity contribution in [1.29, 1.82) is 0 Å². The summed E-state index contributed by atoms with van der Waals surface area (Å²) in [5.41, 5.74) is 0. The molecule has 1 aliphatic rings. The van der Waals surface area contributed by atoms with Gasteiger partial charge in [-0.05, 0) is 12.8 Å². The van der Waals surface area contributed by atoms with Gasteiger partial charge in [0.15, 0.2) is 6.29 Å². The molecule has 290 valence electrons. The number of ether oxygens (including phenoxy) is 2. The van der Waals surface area contributed by atoms with Crippen LogP contribution in [0, 0.1) is 0 Å². The number of amides is 2. The van der Waals surface area contributed by atoms with Gasteiger partial charge in [-0.15, -0.1) is 0 Å². The summed E-state index contributed by atoms with van der Waals surface area (Å²) < 4.78 is 28.0. The van der Waals surface area contributed by atoms with E-state index in [4.69, 9.17) is 14.0 Å².